The number of nitrogens with one attached hydrogen (secondary N) is 2. The Labute approximate surface area is 150 Å². The van der Waals surface area contributed by atoms with E-state index in [1.54, 1.807) is 0 Å². The van der Waals surface area contributed by atoms with Gasteiger partial charge in [0.1, 0.15) is 0 Å². The summed E-state index contributed by atoms with van der Waals surface area (Å²) in [5.74, 6) is 1.22. The van der Waals surface area contributed by atoms with E-state index in [1.807, 2.05) is 24.3 Å². The van der Waals surface area contributed by atoms with Crippen LogP contribution in [-0.2, 0) is 4.74 Å². The third-order valence-corrected chi connectivity index (χ3v) is 4.25. The van der Waals surface area contributed by atoms with E-state index < -0.39 is 0 Å². The lowest BCUT2D eigenvalue weighted by Crippen LogP contribution is -2.39. The van der Waals surface area contributed by atoms with Crippen LogP contribution in [0, 0.1) is 6.92 Å². The summed E-state index contributed by atoms with van der Waals surface area (Å²) in [7, 11) is 0. The van der Waals surface area contributed by atoms with Gasteiger partial charge in [0, 0.05) is 31.9 Å². The summed E-state index contributed by atoms with van der Waals surface area (Å²) in [6.07, 6.45) is 0. The van der Waals surface area contributed by atoms with Gasteiger partial charge in [-0.15, -0.1) is 0 Å². The van der Waals surface area contributed by atoms with E-state index >= 15 is 0 Å². The molecule has 0 radical (unpaired) electrons. The molecule has 3 aromatic rings. The van der Waals surface area contributed by atoms with Crippen LogP contribution in [0.4, 0.5) is 17.3 Å². The molecule has 9 nitrogen and oxygen atoms in total. The van der Waals surface area contributed by atoms with Crippen molar-refractivity contribution in [1.82, 2.24) is 25.2 Å². The molecule has 136 valence electrons. The number of benzene rings is 1. The second-order valence-corrected chi connectivity index (χ2v) is 6.20. The topological polar surface area (TPSA) is 101 Å². The largest absolute Gasteiger partial charge is 0.379 e. The minimum Gasteiger partial charge on any atom is -0.379 e. The predicted molar refractivity (Wildman–Crippen MR) is 97.6 cm³/mol. The molecule has 4 rings (SSSR count). The fourth-order valence-corrected chi connectivity index (χ4v) is 2.78. The van der Waals surface area contributed by atoms with E-state index in [0.29, 0.717) is 22.9 Å². The van der Waals surface area contributed by atoms with Crippen molar-refractivity contribution in [1.29, 1.82) is 0 Å². The number of fused-ring (bicyclic) bond motifs is 1. The van der Waals surface area contributed by atoms with Gasteiger partial charge in [0.2, 0.25) is 11.3 Å². The highest BCUT2D eigenvalue weighted by molar-refractivity contribution is 5.76. The standard InChI is InChI=1S/C17H21N7O2/c1-12-2-4-13(5-3-12)19-15-14(20-16-17(21-15)23-26-22-16)18-6-7-24-8-10-25-11-9-24/h2-5H,6-11H2,1H3,(H,18,20,22)(H,19,21,23). The van der Waals surface area contributed by atoms with Crippen molar-refractivity contribution < 1.29 is 9.37 Å². The van der Waals surface area contributed by atoms with Crippen molar-refractivity contribution in [2.24, 2.45) is 0 Å². The number of hydrogen-bond donors (Lipinski definition) is 2. The van der Waals surface area contributed by atoms with Gasteiger partial charge in [-0.05, 0) is 29.4 Å². The summed E-state index contributed by atoms with van der Waals surface area (Å²) in [5.41, 5.74) is 2.88. The summed E-state index contributed by atoms with van der Waals surface area (Å²) in [6, 6.07) is 8.08. The van der Waals surface area contributed by atoms with Crippen LogP contribution in [0.2, 0.25) is 0 Å². The zero-order valence-corrected chi connectivity index (χ0v) is 14.6. The Bertz CT molecular complexity index is 859. The van der Waals surface area contributed by atoms with Gasteiger partial charge in [-0.2, -0.15) is 0 Å². The molecule has 0 saturated carbocycles. The molecule has 0 aliphatic carbocycles. The predicted octanol–water partition coefficient (Wildman–Crippen LogP) is 1.81. The van der Waals surface area contributed by atoms with Gasteiger partial charge in [-0.1, -0.05) is 17.7 Å². The van der Waals surface area contributed by atoms with Gasteiger partial charge < -0.3 is 15.4 Å². The molecule has 1 aliphatic heterocycles. The summed E-state index contributed by atoms with van der Waals surface area (Å²) in [5, 5.41) is 14.2. The third-order valence-electron chi connectivity index (χ3n) is 4.25. The molecule has 1 aliphatic rings. The lowest BCUT2D eigenvalue weighted by atomic mass is 10.2. The van der Waals surface area contributed by atoms with Gasteiger partial charge in [0.15, 0.2) is 11.6 Å². The minimum atomic E-state index is 0.373. The summed E-state index contributed by atoms with van der Waals surface area (Å²) in [6.45, 7) is 7.18. The van der Waals surface area contributed by atoms with Crippen LogP contribution in [0.3, 0.4) is 0 Å². The maximum atomic E-state index is 5.38. The van der Waals surface area contributed by atoms with E-state index in [2.05, 4.69) is 42.7 Å². The van der Waals surface area contributed by atoms with Crippen molar-refractivity contribution in [2.75, 3.05) is 50.0 Å². The highest BCUT2D eigenvalue weighted by Gasteiger charge is 2.14. The molecule has 0 atom stereocenters. The van der Waals surface area contributed by atoms with Crippen LogP contribution < -0.4 is 10.6 Å². The molecule has 2 N–H and O–H groups in total. The Morgan fingerprint density at radius 3 is 2.42 bits per heavy atom. The zero-order chi connectivity index (χ0) is 17.8. The zero-order valence-electron chi connectivity index (χ0n) is 14.6. The molecule has 26 heavy (non-hydrogen) atoms. The number of ether oxygens (including phenoxy) is 1. The lowest BCUT2D eigenvalue weighted by molar-refractivity contribution is 0.0398. The number of rotatable bonds is 6. The molecular weight excluding hydrogens is 334 g/mol. The first kappa shape index (κ1) is 16.7. The normalized spacial score (nSPS) is 15.3. The first-order valence-electron chi connectivity index (χ1n) is 8.66. The second-order valence-electron chi connectivity index (χ2n) is 6.20. The first-order chi connectivity index (χ1) is 12.8. The van der Waals surface area contributed by atoms with Crippen molar-refractivity contribution in [3.05, 3.63) is 29.8 Å². The fourth-order valence-electron chi connectivity index (χ4n) is 2.78. The van der Waals surface area contributed by atoms with Crippen molar-refractivity contribution >= 4 is 28.6 Å². The van der Waals surface area contributed by atoms with Crippen molar-refractivity contribution in [2.45, 2.75) is 6.92 Å². The molecule has 1 aromatic carbocycles. The number of nitrogens with zero attached hydrogens (tertiary/aromatic N) is 5. The smallest absolute Gasteiger partial charge is 0.245 e. The highest BCUT2D eigenvalue weighted by Crippen LogP contribution is 2.23. The molecule has 3 heterocycles. The Hall–Kier alpha value is -2.78. The molecular formula is C17H21N7O2. The van der Waals surface area contributed by atoms with Crippen LogP contribution in [-0.4, -0.2) is 64.6 Å². The Morgan fingerprint density at radius 1 is 1.00 bits per heavy atom. The molecule has 2 aromatic heterocycles. The van der Waals surface area contributed by atoms with Crippen LogP contribution in [0.1, 0.15) is 5.56 Å². The summed E-state index contributed by atoms with van der Waals surface area (Å²) < 4.78 is 10.1. The van der Waals surface area contributed by atoms with E-state index in [0.717, 1.165) is 45.1 Å². The highest BCUT2D eigenvalue weighted by atomic mass is 16.6. The Balaban J connectivity index is 1.50. The molecule has 9 heteroatoms. The number of anilines is 3. The van der Waals surface area contributed by atoms with Gasteiger partial charge in [-0.25, -0.2) is 14.6 Å². The van der Waals surface area contributed by atoms with Gasteiger partial charge >= 0.3 is 0 Å². The summed E-state index contributed by atoms with van der Waals surface area (Å²) >= 11 is 0. The summed E-state index contributed by atoms with van der Waals surface area (Å²) in [4.78, 5) is 11.3. The van der Waals surface area contributed by atoms with Gasteiger partial charge in [0.05, 0.1) is 13.2 Å². The molecule has 0 bridgehead atoms. The van der Waals surface area contributed by atoms with Crippen LogP contribution in [0.25, 0.3) is 11.3 Å². The van der Waals surface area contributed by atoms with E-state index in [-0.39, 0.29) is 0 Å². The van der Waals surface area contributed by atoms with Crippen LogP contribution in [0.5, 0.6) is 0 Å². The van der Waals surface area contributed by atoms with Crippen LogP contribution >= 0.6 is 0 Å². The minimum absolute atomic E-state index is 0.373. The third kappa shape index (κ3) is 3.89. The Morgan fingerprint density at radius 2 is 1.69 bits per heavy atom. The maximum Gasteiger partial charge on any atom is 0.245 e. The first-order valence-corrected chi connectivity index (χ1v) is 8.66. The number of aromatic nitrogens is 4. The van der Waals surface area contributed by atoms with Crippen LogP contribution in [0.15, 0.2) is 28.9 Å². The van der Waals surface area contributed by atoms with Crippen molar-refractivity contribution in [3.63, 3.8) is 0 Å². The average Bonchev–Trinajstić information content (AvgIpc) is 3.12. The monoisotopic (exact) mass is 355 g/mol. The molecule has 1 fully saturated rings. The Kier molecular flexibility index (Phi) is 4.89. The number of hydrogen-bond acceptors (Lipinski definition) is 9. The fraction of sp³-hybridized carbons (Fsp3) is 0.412. The molecule has 0 spiro atoms. The van der Waals surface area contributed by atoms with E-state index in [9.17, 15) is 0 Å². The maximum absolute atomic E-state index is 5.38. The van der Waals surface area contributed by atoms with Gasteiger partial charge in [-0.3, -0.25) is 4.90 Å². The second kappa shape index (κ2) is 7.63. The molecule has 0 amide bonds. The van der Waals surface area contributed by atoms with Crippen molar-refractivity contribution in [3.8, 4) is 0 Å². The van der Waals surface area contributed by atoms with Gasteiger partial charge in [0.25, 0.3) is 0 Å². The lowest BCUT2D eigenvalue weighted by Gasteiger charge is -2.26. The van der Waals surface area contributed by atoms with E-state index in [4.69, 9.17) is 9.37 Å². The SMILES string of the molecule is Cc1ccc(Nc2nc3nonc3nc2NCCN2CCOCC2)cc1. The molecule has 0 unspecified atom stereocenters. The number of aryl methyl sites for hydroxylation is 1. The number of morpholine rings is 1. The molecule has 1 saturated heterocycles. The average molecular weight is 355 g/mol. The van der Waals surface area contributed by atoms with E-state index in [1.165, 1.54) is 5.56 Å². The quantitative estimate of drug-likeness (QED) is 0.685.